The molecule has 5 nitrogen and oxygen atoms in total. The summed E-state index contributed by atoms with van der Waals surface area (Å²) in [7, 11) is 1.45. The number of hydrogen-bond acceptors (Lipinski definition) is 4. The van der Waals surface area contributed by atoms with Gasteiger partial charge in [0.2, 0.25) is 12.3 Å². The average Bonchev–Trinajstić information content (AvgIpc) is 2.25. The first-order valence-corrected chi connectivity index (χ1v) is 5.29. The highest BCUT2D eigenvalue weighted by Gasteiger charge is 2.14. The molecule has 1 amide bonds. The fourth-order valence-electron chi connectivity index (χ4n) is 1.20. The molecule has 0 spiro atoms. The quantitative estimate of drug-likeness (QED) is 0.607. The topological polar surface area (TPSA) is 59.5 Å². The number of carbonyl (C=O) groups is 2. The van der Waals surface area contributed by atoms with Gasteiger partial charge in [0.25, 0.3) is 0 Å². The van der Waals surface area contributed by atoms with E-state index in [-0.39, 0.29) is 12.3 Å². The number of amides is 1. The summed E-state index contributed by atoms with van der Waals surface area (Å²) in [6.07, 6.45) is 0.578. The summed E-state index contributed by atoms with van der Waals surface area (Å²) in [5, 5.41) is 0. The molecule has 0 fully saturated rings. The minimum Gasteiger partial charge on any atom is -0.479 e. The summed E-state index contributed by atoms with van der Waals surface area (Å²) in [4.78, 5) is 27.2. The van der Waals surface area contributed by atoms with Crippen LogP contribution in [-0.4, -0.2) is 30.8 Å². The molecule has 0 radical (unpaired) electrons. The Kier molecular flexibility index (Phi) is 4.42. The SMILES string of the molecule is COc1nc(Br)ccc1N(C=O)CC(C)=O. The van der Waals surface area contributed by atoms with Crippen molar-refractivity contribution >= 4 is 33.8 Å². The number of ether oxygens (including phenoxy) is 1. The maximum absolute atomic E-state index is 11.0. The first-order valence-electron chi connectivity index (χ1n) is 4.50. The van der Waals surface area contributed by atoms with Crippen LogP contribution in [0.25, 0.3) is 0 Å². The van der Waals surface area contributed by atoms with Crippen LogP contribution in [0.4, 0.5) is 5.69 Å². The molecule has 1 aromatic rings. The van der Waals surface area contributed by atoms with E-state index in [1.54, 1.807) is 12.1 Å². The van der Waals surface area contributed by atoms with Crippen LogP contribution in [0.1, 0.15) is 6.92 Å². The highest BCUT2D eigenvalue weighted by Crippen LogP contribution is 2.26. The molecule has 0 aliphatic rings. The molecule has 0 saturated heterocycles. The molecule has 0 unspecified atom stereocenters. The smallest absolute Gasteiger partial charge is 0.238 e. The van der Waals surface area contributed by atoms with Gasteiger partial charge in [-0.2, -0.15) is 0 Å². The number of pyridine rings is 1. The lowest BCUT2D eigenvalue weighted by Crippen LogP contribution is -2.27. The van der Waals surface area contributed by atoms with Crippen molar-refractivity contribution in [3.63, 3.8) is 0 Å². The normalized spacial score (nSPS) is 9.69. The van der Waals surface area contributed by atoms with E-state index in [0.29, 0.717) is 22.6 Å². The zero-order valence-electron chi connectivity index (χ0n) is 8.94. The lowest BCUT2D eigenvalue weighted by Gasteiger charge is -2.17. The Morgan fingerprint density at radius 2 is 2.31 bits per heavy atom. The molecule has 0 saturated carbocycles. The van der Waals surface area contributed by atoms with Crippen LogP contribution < -0.4 is 9.64 Å². The van der Waals surface area contributed by atoms with Gasteiger partial charge in [0.15, 0.2) is 0 Å². The summed E-state index contributed by atoms with van der Waals surface area (Å²) in [6.45, 7) is 1.42. The van der Waals surface area contributed by atoms with Crippen LogP contribution in [0.3, 0.4) is 0 Å². The van der Waals surface area contributed by atoms with Crippen molar-refractivity contribution in [3.8, 4) is 5.88 Å². The highest BCUT2D eigenvalue weighted by atomic mass is 79.9. The molecular weight excluding hydrogens is 276 g/mol. The van der Waals surface area contributed by atoms with Gasteiger partial charge < -0.3 is 9.64 Å². The van der Waals surface area contributed by atoms with Gasteiger partial charge in [-0.05, 0) is 35.0 Å². The molecule has 0 N–H and O–H groups in total. The predicted octanol–water partition coefficient (Wildman–Crippen LogP) is 1.40. The van der Waals surface area contributed by atoms with Crippen molar-refractivity contribution in [1.82, 2.24) is 4.98 Å². The second-order valence-electron chi connectivity index (χ2n) is 3.10. The first-order chi connectivity index (χ1) is 7.58. The van der Waals surface area contributed by atoms with Crippen molar-refractivity contribution in [2.24, 2.45) is 0 Å². The van der Waals surface area contributed by atoms with Crippen LogP contribution >= 0.6 is 15.9 Å². The fourth-order valence-corrected chi connectivity index (χ4v) is 1.49. The summed E-state index contributed by atoms with van der Waals surface area (Å²) >= 11 is 3.19. The number of hydrogen-bond donors (Lipinski definition) is 0. The number of Topliss-reactive ketones (excluding diaryl/α,β-unsaturated/α-hetero) is 1. The summed E-state index contributed by atoms with van der Waals surface area (Å²) < 4.78 is 5.64. The Hall–Kier alpha value is -1.43. The van der Waals surface area contributed by atoms with Gasteiger partial charge in [-0.1, -0.05) is 0 Å². The minimum absolute atomic E-state index is 0.00315. The molecule has 1 rings (SSSR count). The molecule has 1 heterocycles. The first kappa shape index (κ1) is 12.6. The van der Waals surface area contributed by atoms with Crippen molar-refractivity contribution in [1.29, 1.82) is 0 Å². The lowest BCUT2D eigenvalue weighted by molar-refractivity contribution is -0.117. The summed E-state index contributed by atoms with van der Waals surface area (Å²) in [5.41, 5.74) is 0.468. The second kappa shape index (κ2) is 5.60. The zero-order valence-corrected chi connectivity index (χ0v) is 10.5. The average molecular weight is 287 g/mol. The van der Waals surface area contributed by atoms with E-state index in [2.05, 4.69) is 20.9 Å². The van der Waals surface area contributed by atoms with E-state index in [1.165, 1.54) is 18.9 Å². The molecule has 6 heteroatoms. The molecule has 1 aromatic heterocycles. The maximum Gasteiger partial charge on any atom is 0.238 e. The Morgan fingerprint density at radius 1 is 1.62 bits per heavy atom. The Balaban J connectivity index is 3.08. The molecular formula is C10H11BrN2O3. The predicted molar refractivity (Wildman–Crippen MR) is 62.6 cm³/mol. The van der Waals surface area contributed by atoms with Crippen molar-refractivity contribution in [2.75, 3.05) is 18.6 Å². The molecule has 86 valence electrons. The third kappa shape index (κ3) is 3.03. The minimum atomic E-state index is -0.114. The number of ketones is 1. The Bertz CT molecular complexity index is 409. The Labute approximate surface area is 102 Å². The van der Waals surface area contributed by atoms with E-state index in [0.717, 1.165) is 0 Å². The van der Waals surface area contributed by atoms with Crippen LogP contribution in [0.2, 0.25) is 0 Å². The number of halogens is 1. The molecule has 16 heavy (non-hydrogen) atoms. The second-order valence-corrected chi connectivity index (χ2v) is 3.91. The van der Waals surface area contributed by atoms with Crippen LogP contribution in [0.5, 0.6) is 5.88 Å². The van der Waals surface area contributed by atoms with Gasteiger partial charge >= 0.3 is 0 Å². The van der Waals surface area contributed by atoms with Crippen LogP contribution in [0, 0.1) is 0 Å². The number of aromatic nitrogens is 1. The number of rotatable bonds is 5. The fraction of sp³-hybridized carbons (Fsp3) is 0.300. The van der Waals surface area contributed by atoms with Crippen LogP contribution in [-0.2, 0) is 9.59 Å². The molecule has 0 aromatic carbocycles. The van der Waals surface area contributed by atoms with E-state index in [1.807, 2.05) is 0 Å². The number of anilines is 1. The lowest BCUT2D eigenvalue weighted by atomic mass is 10.3. The van der Waals surface area contributed by atoms with Gasteiger partial charge in [0.1, 0.15) is 16.1 Å². The van der Waals surface area contributed by atoms with Crippen molar-refractivity contribution in [3.05, 3.63) is 16.7 Å². The molecule has 0 aliphatic heterocycles. The van der Waals surface area contributed by atoms with Gasteiger partial charge in [-0.25, -0.2) is 4.98 Å². The largest absolute Gasteiger partial charge is 0.479 e. The van der Waals surface area contributed by atoms with E-state index >= 15 is 0 Å². The van der Waals surface area contributed by atoms with Gasteiger partial charge in [-0.3, -0.25) is 9.59 Å². The van der Waals surface area contributed by atoms with E-state index in [4.69, 9.17) is 4.74 Å². The Morgan fingerprint density at radius 3 is 2.81 bits per heavy atom. The maximum atomic E-state index is 11.0. The monoisotopic (exact) mass is 286 g/mol. The van der Waals surface area contributed by atoms with Gasteiger partial charge in [0.05, 0.1) is 13.7 Å². The molecule has 0 aliphatic carbocycles. The number of carbonyl (C=O) groups excluding carboxylic acids is 2. The van der Waals surface area contributed by atoms with Crippen molar-refractivity contribution < 1.29 is 14.3 Å². The molecule has 0 bridgehead atoms. The van der Waals surface area contributed by atoms with E-state index in [9.17, 15) is 9.59 Å². The summed E-state index contributed by atoms with van der Waals surface area (Å²) in [6, 6.07) is 3.34. The third-order valence-electron chi connectivity index (χ3n) is 1.83. The standard InChI is InChI=1S/C10H11BrN2O3/c1-7(15)5-13(6-14)8-3-4-9(11)12-10(8)16-2/h3-4,6H,5H2,1-2H3. The highest BCUT2D eigenvalue weighted by molar-refractivity contribution is 9.10. The van der Waals surface area contributed by atoms with Crippen molar-refractivity contribution in [2.45, 2.75) is 6.92 Å². The third-order valence-corrected chi connectivity index (χ3v) is 2.27. The molecule has 0 atom stereocenters. The van der Waals surface area contributed by atoms with Gasteiger partial charge in [-0.15, -0.1) is 0 Å². The summed E-state index contributed by atoms with van der Waals surface area (Å²) in [5.74, 6) is 0.180. The van der Waals surface area contributed by atoms with Crippen LogP contribution in [0.15, 0.2) is 16.7 Å². The zero-order chi connectivity index (χ0) is 12.1. The number of nitrogens with zero attached hydrogens (tertiary/aromatic N) is 2. The van der Waals surface area contributed by atoms with Gasteiger partial charge in [0, 0.05) is 0 Å². The van der Waals surface area contributed by atoms with E-state index < -0.39 is 0 Å². The number of methoxy groups -OCH3 is 1.